The summed E-state index contributed by atoms with van der Waals surface area (Å²) >= 11 is 0. The standard InChI is InChI=1S/C17H16F3N3O2/c1-11-7-14(5-6-21-11)25-15-9-23(10-15)16(24)22-13-4-2-3-12(8-13)17(18,19)20/h2-8,15H,9-10H2,1H3,(H,22,24). The molecule has 0 aliphatic carbocycles. The molecule has 1 aliphatic heterocycles. The van der Waals surface area contributed by atoms with E-state index in [1.165, 1.54) is 17.0 Å². The Kier molecular flexibility index (Phi) is 4.52. The molecule has 2 amide bonds. The minimum absolute atomic E-state index is 0.106. The summed E-state index contributed by atoms with van der Waals surface area (Å²) in [5.74, 6) is 0.676. The fourth-order valence-corrected chi connectivity index (χ4v) is 2.44. The third-order valence-electron chi connectivity index (χ3n) is 3.75. The zero-order chi connectivity index (χ0) is 18.0. The first-order valence-electron chi connectivity index (χ1n) is 7.64. The van der Waals surface area contributed by atoms with Crippen molar-refractivity contribution in [2.24, 2.45) is 0 Å². The normalized spacial score (nSPS) is 14.8. The minimum atomic E-state index is -4.45. The Morgan fingerprint density at radius 1 is 1.28 bits per heavy atom. The molecule has 1 aromatic heterocycles. The van der Waals surface area contributed by atoms with Gasteiger partial charge in [-0.1, -0.05) is 6.07 Å². The van der Waals surface area contributed by atoms with Crippen molar-refractivity contribution in [3.05, 3.63) is 53.9 Å². The van der Waals surface area contributed by atoms with Crippen LogP contribution >= 0.6 is 0 Å². The highest BCUT2D eigenvalue weighted by atomic mass is 19.4. The number of benzene rings is 1. The molecule has 0 unspecified atom stereocenters. The molecule has 1 aliphatic rings. The van der Waals surface area contributed by atoms with Crippen LogP contribution in [-0.2, 0) is 6.18 Å². The fraction of sp³-hybridized carbons (Fsp3) is 0.294. The van der Waals surface area contributed by atoms with E-state index in [2.05, 4.69) is 10.3 Å². The Bertz CT molecular complexity index is 774. The molecule has 2 heterocycles. The second-order valence-corrected chi connectivity index (χ2v) is 5.79. The van der Waals surface area contributed by atoms with Crippen molar-refractivity contribution >= 4 is 11.7 Å². The Labute approximate surface area is 142 Å². The van der Waals surface area contributed by atoms with E-state index in [1.807, 2.05) is 6.92 Å². The summed E-state index contributed by atoms with van der Waals surface area (Å²) in [6.45, 7) is 2.58. The molecule has 0 radical (unpaired) electrons. The summed E-state index contributed by atoms with van der Waals surface area (Å²) in [5, 5.41) is 2.47. The van der Waals surface area contributed by atoms with Gasteiger partial charge in [0.1, 0.15) is 11.9 Å². The second-order valence-electron chi connectivity index (χ2n) is 5.79. The van der Waals surface area contributed by atoms with Gasteiger partial charge >= 0.3 is 12.2 Å². The van der Waals surface area contributed by atoms with Crippen molar-refractivity contribution in [3.63, 3.8) is 0 Å². The van der Waals surface area contributed by atoms with Crippen molar-refractivity contribution in [2.75, 3.05) is 18.4 Å². The van der Waals surface area contributed by atoms with Gasteiger partial charge in [-0.15, -0.1) is 0 Å². The number of amides is 2. The van der Waals surface area contributed by atoms with Gasteiger partial charge in [0.2, 0.25) is 0 Å². The number of ether oxygens (including phenoxy) is 1. The van der Waals surface area contributed by atoms with Crippen molar-refractivity contribution in [1.29, 1.82) is 0 Å². The number of rotatable bonds is 3. The molecular formula is C17H16F3N3O2. The second kappa shape index (κ2) is 6.62. The average Bonchev–Trinajstić information content (AvgIpc) is 2.50. The van der Waals surface area contributed by atoms with Crippen LogP contribution in [-0.4, -0.2) is 35.1 Å². The van der Waals surface area contributed by atoms with Crippen LogP contribution in [0.2, 0.25) is 0 Å². The summed E-state index contributed by atoms with van der Waals surface area (Å²) in [5.41, 5.74) is 0.132. The Hall–Kier alpha value is -2.77. The molecule has 0 bridgehead atoms. The van der Waals surface area contributed by atoms with Crippen LogP contribution in [0.1, 0.15) is 11.3 Å². The highest BCUT2D eigenvalue weighted by Gasteiger charge is 2.33. The Morgan fingerprint density at radius 2 is 2.04 bits per heavy atom. The van der Waals surface area contributed by atoms with Gasteiger partial charge in [0.05, 0.1) is 18.7 Å². The maximum absolute atomic E-state index is 12.7. The van der Waals surface area contributed by atoms with Crippen molar-refractivity contribution in [3.8, 4) is 5.75 Å². The number of nitrogens with zero attached hydrogens (tertiary/aromatic N) is 2. The predicted molar refractivity (Wildman–Crippen MR) is 85.4 cm³/mol. The number of pyridine rings is 1. The van der Waals surface area contributed by atoms with Crippen LogP contribution in [0.3, 0.4) is 0 Å². The summed E-state index contributed by atoms with van der Waals surface area (Å²) in [7, 11) is 0. The zero-order valence-electron chi connectivity index (χ0n) is 13.4. The van der Waals surface area contributed by atoms with Gasteiger partial charge in [0, 0.05) is 23.6 Å². The summed E-state index contributed by atoms with van der Waals surface area (Å²) in [6.07, 6.45) is -2.95. The van der Waals surface area contributed by atoms with Gasteiger partial charge in [0.25, 0.3) is 0 Å². The fourth-order valence-electron chi connectivity index (χ4n) is 2.44. The SMILES string of the molecule is Cc1cc(OC2CN(C(=O)Nc3cccc(C(F)(F)F)c3)C2)ccn1. The van der Waals surface area contributed by atoms with Crippen molar-refractivity contribution < 1.29 is 22.7 Å². The largest absolute Gasteiger partial charge is 0.487 e. The van der Waals surface area contributed by atoms with E-state index < -0.39 is 17.8 Å². The number of hydrogen-bond donors (Lipinski definition) is 1. The summed E-state index contributed by atoms with van der Waals surface area (Å²) < 4.78 is 43.8. The Morgan fingerprint density at radius 3 is 2.72 bits per heavy atom. The van der Waals surface area contributed by atoms with E-state index in [1.54, 1.807) is 18.3 Å². The van der Waals surface area contributed by atoms with Gasteiger partial charge in [-0.05, 0) is 31.2 Å². The highest BCUT2D eigenvalue weighted by molar-refractivity contribution is 5.90. The molecule has 8 heteroatoms. The van der Waals surface area contributed by atoms with Crippen LogP contribution in [0.5, 0.6) is 5.75 Å². The molecule has 1 fully saturated rings. The van der Waals surface area contributed by atoms with Crippen LogP contribution < -0.4 is 10.1 Å². The molecule has 132 valence electrons. The van der Waals surface area contributed by atoms with Gasteiger partial charge < -0.3 is 15.0 Å². The Balaban J connectivity index is 1.52. The third-order valence-corrected chi connectivity index (χ3v) is 3.75. The lowest BCUT2D eigenvalue weighted by molar-refractivity contribution is -0.137. The predicted octanol–water partition coefficient (Wildman–Crippen LogP) is 3.70. The number of anilines is 1. The minimum Gasteiger partial charge on any atom is -0.487 e. The monoisotopic (exact) mass is 351 g/mol. The lowest BCUT2D eigenvalue weighted by Gasteiger charge is -2.38. The van der Waals surface area contributed by atoms with E-state index in [4.69, 9.17) is 4.74 Å². The number of likely N-dealkylation sites (tertiary alicyclic amines) is 1. The van der Waals surface area contributed by atoms with Crippen molar-refractivity contribution in [1.82, 2.24) is 9.88 Å². The van der Waals surface area contributed by atoms with Gasteiger partial charge in [-0.3, -0.25) is 4.98 Å². The molecule has 0 spiro atoms. The number of carbonyl (C=O) groups is 1. The highest BCUT2D eigenvalue weighted by Crippen LogP contribution is 2.30. The maximum Gasteiger partial charge on any atom is 0.416 e. The van der Waals surface area contributed by atoms with E-state index >= 15 is 0 Å². The first-order chi connectivity index (χ1) is 11.8. The molecule has 0 saturated carbocycles. The number of nitrogens with one attached hydrogen (secondary N) is 1. The number of aromatic nitrogens is 1. The van der Waals surface area contributed by atoms with E-state index in [0.29, 0.717) is 18.8 Å². The van der Waals surface area contributed by atoms with Crippen molar-refractivity contribution in [2.45, 2.75) is 19.2 Å². The number of alkyl halides is 3. The number of urea groups is 1. The van der Waals surface area contributed by atoms with Crippen LogP contribution in [0, 0.1) is 6.92 Å². The average molecular weight is 351 g/mol. The van der Waals surface area contributed by atoms with Crippen LogP contribution in [0.15, 0.2) is 42.6 Å². The molecule has 5 nitrogen and oxygen atoms in total. The number of aryl methyl sites for hydroxylation is 1. The first-order valence-corrected chi connectivity index (χ1v) is 7.64. The lowest BCUT2D eigenvalue weighted by atomic mass is 10.1. The third kappa shape index (κ3) is 4.20. The molecule has 1 saturated heterocycles. The topological polar surface area (TPSA) is 54.5 Å². The molecule has 25 heavy (non-hydrogen) atoms. The smallest absolute Gasteiger partial charge is 0.416 e. The number of hydrogen-bond acceptors (Lipinski definition) is 3. The molecule has 1 N–H and O–H groups in total. The summed E-state index contributed by atoms with van der Waals surface area (Å²) in [4.78, 5) is 17.6. The molecule has 2 aromatic rings. The molecule has 0 atom stereocenters. The zero-order valence-corrected chi connectivity index (χ0v) is 13.4. The quantitative estimate of drug-likeness (QED) is 0.917. The molecular weight excluding hydrogens is 335 g/mol. The summed E-state index contributed by atoms with van der Waals surface area (Å²) in [6, 6.07) is 7.62. The lowest BCUT2D eigenvalue weighted by Crippen LogP contribution is -2.57. The first kappa shape index (κ1) is 17.1. The maximum atomic E-state index is 12.7. The van der Waals surface area contributed by atoms with Gasteiger partial charge in [-0.25, -0.2) is 4.79 Å². The van der Waals surface area contributed by atoms with Gasteiger partial charge in [-0.2, -0.15) is 13.2 Å². The van der Waals surface area contributed by atoms with E-state index in [-0.39, 0.29) is 11.8 Å². The van der Waals surface area contributed by atoms with E-state index in [0.717, 1.165) is 17.8 Å². The number of carbonyl (C=O) groups excluding carboxylic acids is 1. The molecule has 3 rings (SSSR count). The molecule has 1 aromatic carbocycles. The van der Waals surface area contributed by atoms with Gasteiger partial charge in [0.15, 0.2) is 0 Å². The van der Waals surface area contributed by atoms with Crippen LogP contribution in [0.25, 0.3) is 0 Å². The number of halogens is 3. The van der Waals surface area contributed by atoms with E-state index in [9.17, 15) is 18.0 Å². The van der Waals surface area contributed by atoms with Crippen LogP contribution in [0.4, 0.5) is 23.7 Å².